The van der Waals surface area contributed by atoms with Gasteiger partial charge in [-0.2, -0.15) is 0 Å². The number of likely N-dealkylation sites (tertiary alicyclic amines) is 1. The number of piperidine rings is 1. The minimum absolute atomic E-state index is 0.0221. The summed E-state index contributed by atoms with van der Waals surface area (Å²) in [5.41, 5.74) is 0. The summed E-state index contributed by atoms with van der Waals surface area (Å²) >= 11 is 0. The van der Waals surface area contributed by atoms with Gasteiger partial charge < -0.3 is 19.7 Å². The average molecular weight is 320 g/mol. The zero-order valence-corrected chi connectivity index (χ0v) is 14.2. The molecule has 1 atom stereocenters. The Hall–Kier alpha value is -1.75. The predicted octanol–water partition coefficient (Wildman–Crippen LogP) is 2.31. The number of rotatable bonds is 8. The van der Waals surface area contributed by atoms with Crippen LogP contribution in [-0.4, -0.2) is 50.2 Å². The van der Waals surface area contributed by atoms with Crippen LogP contribution in [0.1, 0.15) is 26.7 Å². The molecular formula is C18H28N2O3. The number of carbonyl (C=O) groups excluding carboxylic acids is 1. The first-order chi connectivity index (χ1) is 11.2. The first-order valence-electron chi connectivity index (χ1n) is 8.56. The molecule has 1 aromatic carbocycles. The number of benzene rings is 1. The number of amides is 1. The summed E-state index contributed by atoms with van der Waals surface area (Å²) in [5, 5.41) is 2.99. The maximum Gasteiger partial charge on any atom is 0.257 e. The molecule has 0 saturated carbocycles. The molecule has 1 heterocycles. The third kappa shape index (κ3) is 5.75. The fourth-order valence-corrected chi connectivity index (χ4v) is 2.90. The van der Waals surface area contributed by atoms with Crippen LogP contribution in [-0.2, 0) is 4.79 Å². The molecule has 1 N–H and O–H groups in total. The second-order valence-corrected chi connectivity index (χ2v) is 5.87. The summed E-state index contributed by atoms with van der Waals surface area (Å²) in [6.07, 6.45) is 2.40. The summed E-state index contributed by atoms with van der Waals surface area (Å²) in [6, 6.07) is 7.42. The van der Waals surface area contributed by atoms with E-state index in [1.807, 2.05) is 31.2 Å². The molecule has 128 valence electrons. The van der Waals surface area contributed by atoms with Crippen LogP contribution in [0.4, 0.5) is 0 Å². The SMILES string of the molecule is CCOc1ccccc1OCC(=O)NC[C@H]1CCCN(CC)C1. The van der Waals surface area contributed by atoms with Crippen LogP contribution in [0.3, 0.4) is 0 Å². The normalized spacial score (nSPS) is 18.4. The van der Waals surface area contributed by atoms with Crippen LogP contribution in [0, 0.1) is 5.92 Å². The quantitative estimate of drug-likeness (QED) is 0.798. The molecule has 1 aliphatic rings. The number of hydrogen-bond acceptors (Lipinski definition) is 4. The number of ether oxygens (including phenoxy) is 2. The van der Waals surface area contributed by atoms with Crippen molar-refractivity contribution in [2.45, 2.75) is 26.7 Å². The lowest BCUT2D eigenvalue weighted by atomic mass is 9.98. The molecule has 0 unspecified atom stereocenters. The van der Waals surface area contributed by atoms with Gasteiger partial charge in [0.25, 0.3) is 5.91 Å². The number of carbonyl (C=O) groups is 1. The Morgan fingerprint density at radius 2 is 2.00 bits per heavy atom. The van der Waals surface area contributed by atoms with E-state index < -0.39 is 0 Å². The van der Waals surface area contributed by atoms with Crippen molar-refractivity contribution in [3.8, 4) is 11.5 Å². The Balaban J connectivity index is 1.73. The molecular weight excluding hydrogens is 292 g/mol. The minimum Gasteiger partial charge on any atom is -0.490 e. The van der Waals surface area contributed by atoms with Crippen molar-refractivity contribution in [1.82, 2.24) is 10.2 Å². The van der Waals surface area contributed by atoms with Crippen LogP contribution >= 0.6 is 0 Å². The Bertz CT molecular complexity index is 493. The Morgan fingerprint density at radius 1 is 1.26 bits per heavy atom. The van der Waals surface area contributed by atoms with Crippen molar-refractivity contribution < 1.29 is 14.3 Å². The van der Waals surface area contributed by atoms with Gasteiger partial charge in [-0.1, -0.05) is 19.1 Å². The van der Waals surface area contributed by atoms with Crippen LogP contribution in [0.5, 0.6) is 11.5 Å². The molecule has 0 radical (unpaired) electrons. The summed E-state index contributed by atoms with van der Waals surface area (Å²) in [5.74, 6) is 1.75. The minimum atomic E-state index is -0.0788. The zero-order valence-electron chi connectivity index (χ0n) is 14.2. The molecule has 1 amide bonds. The molecule has 5 heteroatoms. The highest BCUT2D eigenvalue weighted by molar-refractivity contribution is 5.77. The highest BCUT2D eigenvalue weighted by Gasteiger charge is 2.19. The molecule has 0 aromatic heterocycles. The van der Waals surface area contributed by atoms with E-state index in [0.717, 1.165) is 19.6 Å². The standard InChI is InChI=1S/C18H28N2O3/c1-3-20-11-7-8-15(13-20)12-19-18(21)14-23-17-10-6-5-9-16(17)22-4-2/h5-6,9-10,15H,3-4,7-8,11-14H2,1-2H3,(H,19,21)/t15-/m1/s1. The van der Waals surface area contributed by atoms with E-state index in [1.54, 1.807) is 0 Å². The van der Waals surface area contributed by atoms with Crippen molar-refractivity contribution in [2.75, 3.05) is 39.4 Å². The number of nitrogens with zero attached hydrogens (tertiary/aromatic N) is 1. The lowest BCUT2D eigenvalue weighted by Gasteiger charge is -2.31. The van der Waals surface area contributed by atoms with Crippen molar-refractivity contribution in [3.05, 3.63) is 24.3 Å². The Labute approximate surface area is 139 Å². The summed E-state index contributed by atoms with van der Waals surface area (Å²) in [6.45, 7) is 8.77. The van der Waals surface area contributed by atoms with E-state index in [9.17, 15) is 4.79 Å². The van der Waals surface area contributed by atoms with E-state index in [-0.39, 0.29) is 12.5 Å². The van der Waals surface area contributed by atoms with E-state index in [0.29, 0.717) is 24.0 Å². The van der Waals surface area contributed by atoms with Crippen LogP contribution in [0.25, 0.3) is 0 Å². The van der Waals surface area contributed by atoms with Crippen LogP contribution < -0.4 is 14.8 Å². The molecule has 1 fully saturated rings. The van der Waals surface area contributed by atoms with Gasteiger partial charge in [-0.05, 0) is 50.9 Å². The van der Waals surface area contributed by atoms with Crippen LogP contribution in [0.2, 0.25) is 0 Å². The van der Waals surface area contributed by atoms with Crippen molar-refractivity contribution in [2.24, 2.45) is 5.92 Å². The van der Waals surface area contributed by atoms with Gasteiger partial charge in [0.1, 0.15) is 0 Å². The fourth-order valence-electron chi connectivity index (χ4n) is 2.90. The maximum absolute atomic E-state index is 12.0. The summed E-state index contributed by atoms with van der Waals surface area (Å²) in [7, 11) is 0. The fraction of sp³-hybridized carbons (Fsp3) is 0.611. The lowest BCUT2D eigenvalue weighted by molar-refractivity contribution is -0.123. The van der Waals surface area contributed by atoms with Crippen molar-refractivity contribution >= 4 is 5.91 Å². The third-order valence-electron chi connectivity index (χ3n) is 4.15. The van der Waals surface area contributed by atoms with E-state index >= 15 is 0 Å². The van der Waals surface area contributed by atoms with E-state index in [2.05, 4.69) is 17.1 Å². The van der Waals surface area contributed by atoms with Gasteiger partial charge in [0.15, 0.2) is 18.1 Å². The molecule has 1 aromatic rings. The number of hydrogen-bond donors (Lipinski definition) is 1. The molecule has 0 bridgehead atoms. The molecule has 0 spiro atoms. The molecule has 1 saturated heterocycles. The molecule has 5 nitrogen and oxygen atoms in total. The molecule has 0 aliphatic carbocycles. The zero-order chi connectivity index (χ0) is 16.5. The Morgan fingerprint density at radius 3 is 2.70 bits per heavy atom. The van der Waals surface area contributed by atoms with Gasteiger partial charge in [-0.25, -0.2) is 0 Å². The lowest BCUT2D eigenvalue weighted by Crippen LogP contribution is -2.41. The van der Waals surface area contributed by atoms with Gasteiger partial charge in [-0.3, -0.25) is 4.79 Å². The van der Waals surface area contributed by atoms with Gasteiger partial charge in [-0.15, -0.1) is 0 Å². The third-order valence-corrected chi connectivity index (χ3v) is 4.15. The first-order valence-corrected chi connectivity index (χ1v) is 8.56. The molecule has 1 aliphatic heterocycles. The highest BCUT2D eigenvalue weighted by Crippen LogP contribution is 2.26. The van der Waals surface area contributed by atoms with Gasteiger partial charge >= 0.3 is 0 Å². The monoisotopic (exact) mass is 320 g/mol. The predicted molar refractivity (Wildman–Crippen MR) is 91.0 cm³/mol. The molecule has 2 rings (SSSR count). The Kier molecular flexibility index (Phi) is 7.20. The van der Waals surface area contributed by atoms with Gasteiger partial charge in [0, 0.05) is 13.1 Å². The summed E-state index contributed by atoms with van der Waals surface area (Å²) in [4.78, 5) is 14.4. The number of para-hydroxylation sites is 2. The smallest absolute Gasteiger partial charge is 0.257 e. The van der Waals surface area contributed by atoms with E-state index in [4.69, 9.17) is 9.47 Å². The maximum atomic E-state index is 12.0. The van der Waals surface area contributed by atoms with E-state index in [1.165, 1.54) is 19.4 Å². The second-order valence-electron chi connectivity index (χ2n) is 5.87. The van der Waals surface area contributed by atoms with Gasteiger partial charge in [0.2, 0.25) is 0 Å². The van der Waals surface area contributed by atoms with Gasteiger partial charge in [0.05, 0.1) is 6.61 Å². The van der Waals surface area contributed by atoms with Crippen LogP contribution in [0.15, 0.2) is 24.3 Å². The summed E-state index contributed by atoms with van der Waals surface area (Å²) < 4.78 is 11.1. The largest absolute Gasteiger partial charge is 0.490 e. The average Bonchev–Trinajstić information content (AvgIpc) is 2.59. The van der Waals surface area contributed by atoms with Crippen molar-refractivity contribution in [1.29, 1.82) is 0 Å². The first kappa shape index (κ1) is 17.6. The number of nitrogens with one attached hydrogen (secondary N) is 1. The highest BCUT2D eigenvalue weighted by atomic mass is 16.5. The second kappa shape index (κ2) is 9.40. The van der Waals surface area contributed by atoms with Crippen molar-refractivity contribution in [3.63, 3.8) is 0 Å². The topological polar surface area (TPSA) is 50.8 Å². The molecule has 23 heavy (non-hydrogen) atoms.